The Morgan fingerprint density at radius 2 is 2.00 bits per heavy atom. The molecule has 0 bridgehead atoms. The second kappa shape index (κ2) is 4.60. The number of esters is 1. The van der Waals surface area contributed by atoms with Crippen molar-refractivity contribution in [2.24, 2.45) is 0 Å². The van der Waals surface area contributed by atoms with E-state index in [1.807, 2.05) is 0 Å². The summed E-state index contributed by atoms with van der Waals surface area (Å²) in [4.78, 5) is 11.2. The van der Waals surface area contributed by atoms with E-state index in [9.17, 15) is 9.90 Å². The Morgan fingerprint density at radius 1 is 1.35 bits per heavy atom. The molecule has 1 aliphatic rings. The van der Waals surface area contributed by atoms with E-state index in [1.54, 1.807) is 24.3 Å². The third kappa shape index (κ3) is 2.66. The van der Waals surface area contributed by atoms with Gasteiger partial charge in [-0.1, -0.05) is 11.8 Å². The summed E-state index contributed by atoms with van der Waals surface area (Å²) in [5, 5.41) is 9.80. The van der Waals surface area contributed by atoms with Crippen molar-refractivity contribution in [1.82, 2.24) is 0 Å². The van der Waals surface area contributed by atoms with Crippen molar-refractivity contribution in [2.75, 3.05) is 7.11 Å². The molecule has 0 unspecified atom stereocenters. The number of aliphatic hydroxyl groups is 1. The summed E-state index contributed by atoms with van der Waals surface area (Å²) in [6.45, 7) is 0. The first-order chi connectivity index (χ1) is 8.13. The third-order valence-corrected chi connectivity index (χ3v) is 2.93. The quantitative estimate of drug-likeness (QED) is 0.590. The Balaban J connectivity index is 2.10. The summed E-state index contributed by atoms with van der Waals surface area (Å²) in [6.07, 6.45) is 2.53. The number of carbonyl (C=O) groups excluding carboxylic acids is 1. The highest BCUT2D eigenvalue weighted by Gasteiger charge is 2.31. The van der Waals surface area contributed by atoms with Gasteiger partial charge in [-0.25, -0.2) is 4.79 Å². The van der Waals surface area contributed by atoms with Gasteiger partial charge in [-0.3, -0.25) is 0 Å². The van der Waals surface area contributed by atoms with Gasteiger partial charge in [0.15, 0.2) is 0 Å². The molecule has 0 saturated heterocycles. The summed E-state index contributed by atoms with van der Waals surface area (Å²) >= 11 is 0. The molecule has 1 aliphatic carbocycles. The van der Waals surface area contributed by atoms with E-state index in [2.05, 4.69) is 16.6 Å². The minimum atomic E-state index is -0.791. The Labute approximate surface area is 100 Å². The average Bonchev–Trinajstić information content (AvgIpc) is 2.33. The molecule has 3 nitrogen and oxygen atoms in total. The van der Waals surface area contributed by atoms with Crippen LogP contribution in [-0.2, 0) is 4.74 Å². The SMILES string of the molecule is COC(=O)c1ccc(C#CC2(O)CCC2)cc1. The predicted molar refractivity (Wildman–Crippen MR) is 63.5 cm³/mol. The molecule has 0 heterocycles. The summed E-state index contributed by atoms with van der Waals surface area (Å²) in [6, 6.07) is 6.84. The fourth-order valence-electron chi connectivity index (χ4n) is 1.63. The Morgan fingerprint density at radius 3 is 2.47 bits per heavy atom. The van der Waals surface area contributed by atoms with Gasteiger partial charge < -0.3 is 9.84 Å². The van der Waals surface area contributed by atoms with Crippen molar-refractivity contribution in [2.45, 2.75) is 24.9 Å². The van der Waals surface area contributed by atoms with Crippen LogP contribution < -0.4 is 0 Å². The molecule has 0 amide bonds. The number of carbonyl (C=O) groups is 1. The van der Waals surface area contributed by atoms with Crippen molar-refractivity contribution in [3.8, 4) is 11.8 Å². The topological polar surface area (TPSA) is 46.5 Å². The molecule has 3 heteroatoms. The normalized spacial score (nSPS) is 16.4. The van der Waals surface area contributed by atoms with E-state index < -0.39 is 5.60 Å². The lowest BCUT2D eigenvalue weighted by atomic mass is 9.81. The van der Waals surface area contributed by atoms with Crippen LogP contribution in [0.1, 0.15) is 35.2 Å². The van der Waals surface area contributed by atoms with Crippen LogP contribution in [0.25, 0.3) is 0 Å². The van der Waals surface area contributed by atoms with Crippen molar-refractivity contribution in [3.63, 3.8) is 0 Å². The smallest absolute Gasteiger partial charge is 0.337 e. The molecule has 0 atom stereocenters. The molecule has 17 heavy (non-hydrogen) atoms. The van der Waals surface area contributed by atoms with E-state index in [4.69, 9.17) is 0 Å². The molecule has 0 aliphatic heterocycles. The molecule has 1 N–H and O–H groups in total. The van der Waals surface area contributed by atoms with Gasteiger partial charge >= 0.3 is 5.97 Å². The third-order valence-electron chi connectivity index (χ3n) is 2.93. The molecule has 1 saturated carbocycles. The molecule has 1 fully saturated rings. The molecule has 0 spiro atoms. The number of hydrogen-bond donors (Lipinski definition) is 1. The van der Waals surface area contributed by atoms with Gasteiger partial charge in [0.2, 0.25) is 0 Å². The predicted octanol–water partition coefficient (Wildman–Crippen LogP) is 1.74. The lowest BCUT2D eigenvalue weighted by Crippen LogP contribution is -2.34. The lowest BCUT2D eigenvalue weighted by molar-refractivity contribution is 0.0239. The largest absolute Gasteiger partial charge is 0.465 e. The van der Waals surface area contributed by atoms with Crippen LogP contribution in [-0.4, -0.2) is 23.8 Å². The molecule has 88 valence electrons. The highest BCUT2D eigenvalue weighted by Crippen LogP contribution is 2.30. The first-order valence-electron chi connectivity index (χ1n) is 5.57. The molecule has 2 rings (SSSR count). The van der Waals surface area contributed by atoms with Crippen LogP contribution in [0.3, 0.4) is 0 Å². The Kier molecular flexibility index (Phi) is 3.16. The molecule has 1 aromatic rings. The molecule has 0 aromatic heterocycles. The van der Waals surface area contributed by atoms with Gasteiger partial charge in [0.25, 0.3) is 0 Å². The highest BCUT2D eigenvalue weighted by molar-refractivity contribution is 5.89. The first-order valence-corrected chi connectivity index (χ1v) is 5.57. The summed E-state index contributed by atoms with van der Waals surface area (Å²) in [5.41, 5.74) is 0.500. The number of benzene rings is 1. The van der Waals surface area contributed by atoms with Crippen LogP contribution in [0.15, 0.2) is 24.3 Å². The van der Waals surface area contributed by atoms with E-state index in [1.165, 1.54) is 7.11 Å². The van der Waals surface area contributed by atoms with E-state index in [-0.39, 0.29) is 5.97 Å². The minimum Gasteiger partial charge on any atom is -0.465 e. The molecule has 0 radical (unpaired) electrons. The zero-order valence-corrected chi connectivity index (χ0v) is 9.69. The second-order valence-electron chi connectivity index (χ2n) is 4.20. The van der Waals surface area contributed by atoms with Crippen LogP contribution in [0.2, 0.25) is 0 Å². The lowest BCUT2D eigenvalue weighted by Gasteiger charge is -2.30. The van der Waals surface area contributed by atoms with Crippen LogP contribution in [0.5, 0.6) is 0 Å². The zero-order chi connectivity index (χ0) is 12.3. The number of hydrogen-bond acceptors (Lipinski definition) is 3. The van der Waals surface area contributed by atoms with Gasteiger partial charge in [0.1, 0.15) is 5.60 Å². The van der Waals surface area contributed by atoms with Gasteiger partial charge in [0, 0.05) is 5.56 Å². The summed E-state index contributed by atoms with van der Waals surface area (Å²) in [7, 11) is 1.35. The van der Waals surface area contributed by atoms with E-state index in [0.29, 0.717) is 5.56 Å². The average molecular weight is 230 g/mol. The number of methoxy groups -OCH3 is 1. The number of ether oxygens (including phenoxy) is 1. The van der Waals surface area contributed by atoms with Crippen LogP contribution in [0, 0.1) is 11.8 Å². The summed E-state index contributed by atoms with van der Waals surface area (Å²) < 4.78 is 4.60. The fraction of sp³-hybridized carbons (Fsp3) is 0.357. The molecular weight excluding hydrogens is 216 g/mol. The maximum Gasteiger partial charge on any atom is 0.337 e. The van der Waals surface area contributed by atoms with E-state index >= 15 is 0 Å². The maximum atomic E-state index is 11.2. The minimum absolute atomic E-state index is 0.359. The Bertz CT molecular complexity index is 472. The van der Waals surface area contributed by atoms with Gasteiger partial charge in [0.05, 0.1) is 12.7 Å². The van der Waals surface area contributed by atoms with Crippen LogP contribution in [0.4, 0.5) is 0 Å². The van der Waals surface area contributed by atoms with Crippen molar-refractivity contribution in [3.05, 3.63) is 35.4 Å². The maximum absolute atomic E-state index is 11.2. The monoisotopic (exact) mass is 230 g/mol. The van der Waals surface area contributed by atoms with Crippen molar-refractivity contribution < 1.29 is 14.6 Å². The van der Waals surface area contributed by atoms with Crippen molar-refractivity contribution >= 4 is 5.97 Å². The first kappa shape index (κ1) is 11.7. The molecular formula is C14H14O3. The fourth-order valence-corrected chi connectivity index (χ4v) is 1.63. The van der Waals surface area contributed by atoms with Gasteiger partial charge in [-0.05, 0) is 43.5 Å². The summed E-state index contributed by atoms with van der Waals surface area (Å²) in [5.74, 6) is 5.42. The Hall–Kier alpha value is -1.79. The van der Waals surface area contributed by atoms with Crippen molar-refractivity contribution in [1.29, 1.82) is 0 Å². The standard InChI is InChI=1S/C14H14O3/c1-17-13(15)12-5-3-11(4-6-12)7-10-14(16)8-2-9-14/h3-6,16H,2,8-9H2,1H3. The van der Waals surface area contributed by atoms with Crippen LogP contribution >= 0.6 is 0 Å². The zero-order valence-electron chi connectivity index (χ0n) is 9.69. The van der Waals surface area contributed by atoms with Gasteiger partial charge in [-0.2, -0.15) is 0 Å². The highest BCUT2D eigenvalue weighted by atomic mass is 16.5. The second-order valence-corrected chi connectivity index (χ2v) is 4.20. The molecule has 1 aromatic carbocycles. The van der Waals surface area contributed by atoms with Gasteiger partial charge in [-0.15, -0.1) is 0 Å². The van der Waals surface area contributed by atoms with E-state index in [0.717, 1.165) is 24.8 Å². The number of rotatable bonds is 1.